The minimum absolute atomic E-state index is 0.274. The molecule has 0 radical (unpaired) electrons. The van der Waals surface area contributed by atoms with Gasteiger partial charge in [-0.25, -0.2) is 0 Å². The maximum Gasteiger partial charge on any atom is 0.131 e. The van der Waals surface area contributed by atoms with Crippen LogP contribution in [0.4, 0.5) is 0 Å². The van der Waals surface area contributed by atoms with Crippen molar-refractivity contribution >= 4 is 17.5 Å². The second kappa shape index (κ2) is 6.44. The molecule has 0 rings (SSSR count). The summed E-state index contributed by atoms with van der Waals surface area (Å²) in [6, 6.07) is 0.906. The summed E-state index contributed by atoms with van der Waals surface area (Å²) < 4.78 is 0. The normalized spacial score (nSPS) is 15.8. The highest BCUT2D eigenvalue weighted by Crippen LogP contribution is 2.10. The van der Waals surface area contributed by atoms with Gasteiger partial charge < -0.3 is 0 Å². The molecule has 0 fully saturated rings. The third kappa shape index (κ3) is 5.32. The summed E-state index contributed by atoms with van der Waals surface area (Å²) in [5.74, 6) is 1.40. The molecule has 0 saturated carbocycles. The van der Waals surface area contributed by atoms with E-state index in [1.165, 1.54) is 0 Å². The Morgan fingerprint density at radius 1 is 1.38 bits per heavy atom. The number of ketones is 1. The van der Waals surface area contributed by atoms with Gasteiger partial charge in [-0.05, 0) is 34.1 Å². The van der Waals surface area contributed by atoms with Crippen molar-refractivity contribution in [3.8, 4) is 0 Å². The van der Waals surface area contributed by atoms with E-state index in [0.717, 1.165) is 5.75 Å². The number of hydrogen-bond donors (Lipinski definition) is 0. The van der Waals surface area contributed by atoms with Gasteiger partial charge in [-0.1, -0.05) is 0 Å². The number of nitrogens with zero attached hydrogens (tertiary/aromatic N) is 1. The van der Waals surface area contributed by atoms with Crippen molar-refractivity contribution in [3.05, 3.63) is 0 Å². The lowest BCUT2D eigenvalue weighted by Crippen LogP contribution is -2.39. The van der Waals surface area contributed by atoms with Crippen molar-refractivity contribution in [1.82, 2.24) is 4.90 Å². The smallest absolute Gasteiger partial charge is 0.131 e. The molecule has 0 aromatic rings. The monoisotopic (exact) mass is 203 g/mol. The lowest BCUT2D eigenvalue weighted by atomic mass is 10.1. The van der Waals surface area contributed by atoms with Gasteiger partial charge in [-0.2, -0.15) is 11.8 Å². The Labute approximate surface area is 86.1 Å². The first-order valence-corrected chi connectivity index (χ1v) is 6.08. The van der Waals surface area contributed by atoms with E-state index in [4.69, 9.17) is 0 Å². The maximum absolute atomic E-state index is 10.9. The number of thioether (sulfide) groups is 1. The minimum atomic E-state index is 0.274. The molecular formula is C10H21NOS. The number of Topliss-reactive ketones (excluding diaryl/α,β-unsaturated/α-hetero) is 1. The Morgan fingerprint density at radius 2 is 1.92 bits per heavy atom. The van der Waals surface area contributed by atoms with Gasteiger partial charge >= 0.3 is 0 Å². The second-order valence-corrected chi connectivity index (χ2v) is 4.64. The third-order valence-electron chi connectivity index (χ3n) is 2.38. The molecule has 0 heterocycles. The summed E-state index contributed by atoms with van der Waals surface area (Å²) in [4.78, 5) is 13.2. The fraction of sp³-hybridized carbons (Fsp3) is 0.900. The maximum atomic E-state index is 10.9. The lowest BCUT2D eigenvalue weighted by molar-refractivity contribution is -0.118. The van der Waals surface area contributed by atoms with E-state index in [0.29, 0.717) is 18.5 Å². The molecule has 3 heteroatoms. The largest absolute Gasteiger partial charge is 0.300 e. The molecule has 0 aliphatic rings. The predicted molar refractivity (Wildman–Crippen MR) is 60.4 cm³/mol. The summed E-state index contributed by atoms with van der Waals surface area (Å²) in [6.45, 7) is 5.97. The molecule has 0 saturated heterocycles. The molecule has 0 bridgehead atoms. The average Bonchev–Trinajstić information content (AvgIpc) is 2.02. The Kier molecular flexibility index (Phi) is 6.43. The first-order valence-electron chi connectivity index (χ1n) is 4.69. The zero-order valence-electron chi connectivity index (χ0n) is 9.33. The van der Waals surface area contributed by atoms with E-state index in [2.05, 4.69) is 32.1 Å². The van der Waals surface area contributed by atoms with Crippen LogP contribution in [-0.2, 0) is 4.79 Å². The van der Waals surface area contributed by atoms with Crippen LogP contribution in [-0.4, -0.2) is 41.8 Å². The quantitative estimate of drug-likeness (QED) is 0.659. The summed E-state index contributed by atoms with van der Waals surface area (Å²) in [6.07, 6.45) is 2.77. The Hall–Kier alpha value is -0.0200. The Morgan fingerprint density at radius 3 is 2.31 bits per heavy atom. The predicted octanol–water partition coefficient (Wildman–Crippen LogP) is 2.04. The zero-order valence-corrected chi connectivity index (χ0v) is 10.1. The van der Waals surface area contributed by atoms with Crippen molar-refractivity contribution in [3.63, 3.8) is 0 Å². The molecule has 0 aromatic heterocycles. The molecule has 2 unspecified atom stereocenters. The molecule has 0 N–H and O–H groups in total. The van der Waals surface area contributed by atoms with Gasteiger partial charge in [0.1, 0.15) is 5.78 Å². The number of carbonyl (C=O) groups excluding carboxylic acids is 1. The van der Waals surface area contributed by atoms with E-state index < -0.39 is 0 Å². The highest BCUT2D eigenvalue weighted by atomic mass is 32.2. The van der Waals surface area contributed by atoms with Gasteiger partial charge in [0.25, 0.3) is 0 Å². The Balaban J connectivity index is 3.92. The van der Waals surface area contributed by atoms with Crippen molar-refractivity contribution in [2.45, 2.75) is 39.3 Å². The van der Waals surface area contributed by atoms with Crippen LogP contribution in [0.3, 0.4) is 0 Å². The standard InChI is InChI=1S/C10H21NOS/c1-8(6-10(3)12)11(4)9(2)7-13-5/h8-9H,6-7H2,1-5H3. The average molecular weight is 203 g/mol. The fourth-order valence-electron chi connectivity index (χ4n) is 1.35. The summed E-state index contributed by atoms with van der Waals surface area (Å²) in [5.41, 5.74) is 0. The van der Waals surface area contributed by atoms with E-state index in [1.807, 2.05) is 11.8 Å². The number of hydrogen-bond acceptors (Lipinski definition) is 3. The first kappa shape index (κ1) is 13.0. The zero-order chi connectivity index (χ0) is 10.4. The molecular weight excluding hydrogens is 182 g/mol. The van der Waals surface area contributed by atoms with Crippen molar-refractivity contribution in [1.29, 1.82) is 0 Å². The number of carbonyl (C=O) groups is 1. The van der Waals surface area contributed by atoms with Gasteiger partial charge in [0, 0.05) is 24.3 Å². The molecule has 0 amide bonds. The molecule has 13 heavy (non-hydrogen) atoms. The van der Waals surface area contributed by atoms with Gasteiger partial charge in [0.2, 0.25) is 0 Å². The van der Waals surface area contributed by atoms with Gasteiger partial charge in [0.15, 0.2) is 0 Å². The van der Waals surface area contributed by atoms with Crippen LogP contribution < -0.4 is 0 Å². The SMILES string of the molecule is CSCC(C)N(C)C(C)CC(C)=O. The van der Waals surface area contributed by atoms with Crippen LogP contribution in [0.1, 0.15) is 27.2 Å². The van der Waals surface area contributed by atoms with Crippen molar-refractivity contribution < 1.29 is 4.79 Å². The van der Waals surface area contributed by atoms with E-state index >= 15 is 0 Å². The van der Waals surface area contributed by atoms with E-state index in [9.17, 15) is 4.79 Å². The van der Waals surface area contributed by atoms with Crippen LogP contribution in [0, 0.1) is 0 Å². The van der Waals surface area contributed by atoms with Crippen LogP contribution in [0.2, 0.25) is 0 Å². The van der Waals surface area contributed by atoms with Crippen LogP contribution in [0.25, 0.3) is 0 Å². The highest BCUT2D eigenvalue weighted by molar-refractivity contribution is 7.98. The van der Waals surface area contributed by atoms with Crippen molar-refractivity contribution in [2.24, 2.45) is 0 Å². The van der Waals surface area contributed by atoms with Crippen LogP contribution in [0.15, 0.2) is 0 Å². The summed E-state index contributed by atoms with van der Waals surface area (Å²) in [5, 5.41) is 0. The van der Waals surface area contributed by atoms with E-state index in [1.54, 1.807) is 6.92 Å². The molecule has 0 spiro atoms. The first-order chi connectivity index (χ1) is 5.99. The summed E-state index contributed by atoms with van der Waals surface area (Å²) in [7, 11) is 2.09. The highest BCUT2D eigenvalue weighted by Gasteiger charge is 2.16. The van der Waals surface area contributed by atoms with Gasteiger partial charge in [-0.3, -0.25) is 9.69 Å². The van der Waals surface area contributed by atoms with Crippen LogP contribution in [0.5, 0.6) is 0 Å². The number of rotatable bonds is 6. The molecule has 0 aromatic carbocycles. The van der Waals surface area contributed by atoms with Gasteiger partial charge in [-0.15, -0.1) is 0 Å². The lowest BCUT2D eigenvalue weighted by Gasteiger charge is -2.29. The van der Waals surface area contributed by atoms with E-state index in [-0.39, 0.29) is 5.78 Å². The molecule has 78 valence electrons. The molecule has 0 aliphatic carbocycles. The Bertz CT molecular complexity index is 161. The topological polar surface area (TPSA) is 20.3 Å². The van der Waals surface area contributed by atoms with Crippen LogP contribution >= 0.6 is 11.8 Å². The molecule has 2 atom stereocenters. The summed E-state index contributed by atoms with van der Waals surface area (Å²) >= 11 is 1.85. The van der Waals surface area contributed by atoms with Crippen molar-refractivity contribution in [2.75, 3.05) is 19.1 Å². The minimum Gasteiger partial charge on any atom is -0.300 e. The fourth-order valence-corrected chi connectivity index (χ4v) is 2.07. The third-order valence-corrected chi connectivity index (χ3v) is 3.20. The second-order valence-electron chi connectivity index (χ2n) is 3.72. The molecule has 2 nitrogen and oxygen atoms in total. The van der Waals surface area contributed by atoms with Gasteiger partial charge in [0.05, 0.1) is 0 Å². The molecule has 0 aliphatic heterocycles.